The summed E-state index contributed by atoms with van der Waals surface area (Å²) in [6.07, 6.45) is 1.44. The minimum Gasteiger partial charge on any atom is -0.294 e. The van der Waals surface area contributed by atoms with Crippen LogP contribution < -0.4 is 0 Å². The molecule has 2 aliphatic rings. The van der Waals surface area contributed by atoms with Gasteiger partial charge in [-0.25, -0.2) is 0 Å². The SMILES string of the molecule is CC1=NCC2CC12.Clc1ccccc1Cl. The fourth-order valence-corrected chi connectivity index (χ4v) is 2.05. The van der Waals surface area contributed by atoms with Crippen molar-refractivity contribution in [2.24, 2.45) is 16.8 Å². The van der Waals surface area contributed by atoms with E-state index in [1.165, 1.54) is 12.1 Å². The Labute approximate surface area is 100 Å². The van der Waals surface area contributed by atoms with Gasteiger partial charge in [-0.2, -0.15) is 0 Å². The summed E-state index contributed by atoms with van der Waals surface area (Å²) in [5.41, 5.74) is 1.41. The van der Waals surface area contributed by atoms with E-state index in [4.69, 9.17) is 23.2 Å². The Morgan fingerprint density at radius 1 is 1.20 bits per heavy atom. The van der Waals surface area contributed by atoms with Crippen LogP contribution in [-0.2, 0) is 0 Å². The van der Waals surface area contributed by atoms with Crippen molar-refractivity contribution < 1.29 is 0 Å². The maximum atomic E-state index is 5.58. The van der Waals surface area contributed by atoms with Gasteiger partial charge in [-0.15, -0.1) is 0 Å². The molecule has 1 aromatic rings. The van der Waals surface area contributed by atoms with E-state index in [2.05, 4.69) is 11.9 Å². The van der Waals surface area contributed by atoms with E-state index in [0.717, 1.165) is 18.4 Å². The van der Waals surface area contributed by atoms with Crippen molar-refractivity contribution in [3.8, 4) is 0 Å². The van der Waals surface area contributed by atoms with E-state index in [9.17, 15) is 0 Å². The van der Waals surface area contributed by atoms with Crippen LogP contribution in [0.5, 0.6) is 0 Å². The summed E-state index contributed by atoms with van der Waals surface area (Å²) in [6, 6.07) is 7.19. The first kappa shape index (κ1) is 11.0. The molecule has 0 saturated heterocycles. The maximum Gasteiger partial charge on any atom is 0.0592 e. The summed E-state index contributed by atoms with van der Waals surface area (Å²) >= 11 is 11.2. The van der Waals surface area contributed by atoms with Crippen molar-refractivity contribution in [3.63, 3.8) is 0 Å². The Bertz CT molecular complexity index is 366. The number of aliphatic imine (C=N–C) groups is 1. The second-order valence-electron chi connectivity index (χ2n) is 4.00. The van der Waals surface area contributed by atoms with Crippen LogP contribution in [0.15, 0.2) is 29.3 Å². The number of nitrogens with zero attached hydrogens (tertiary/aromatic N) is 1. The van der Waals surface area contributed by atoms with Gasteiger partial charge in [0, 0.05) is 18.2 Å². The van der Waals surface area contributed by atoms with Gasteiger partial charge in [-0.1, -0.05) is 35.3 Å². The Hall–Kier alpha value is -0.530. The molecule has 0 bridgehead atoms. The van der Waals surface area contributed by atoms with Gasteiger partial charge < -0.3 is 0 Å². The van der Waals surface area contributed by atoms with Crippen molar-refractivity contribution >= 4 is 28.9 Å². The van der Waals surface area contributed by atoms with Crippen molar-refractivity contribution in [2.75, 3.05) is 6.54 Å². The number of benzene rings is 1. The molecule has 0 radical (unpaired) electrons. The maximum absolute atomic E-state index is 5.58. The van der Waals surface area contributed by atoms with Gasteiger partial charge in [-0.3, -0.25) is 4.99 Å². The summed E-state index contributed by atoms with van der Waals surface area (Å²) in [5, 5.41) is 1.21. The van der Waals surface area contributed by atoms with Crippen molar-refractivity contribution in [1.29, 1.82) is 0 Å². The predicted molar refractivity (Wildman–Crippen MR) is 66.0 cm³/mol. The van der Waals surface area contributed by atoms with Crippen molar-refractivity contribution in [2.45, 2.75) is 13.3 Å². The Morgan fingerprint density at radius 2 is 1.80 bits per heavy atom. The van der Waals surface area contributed by atoms with Crippen LogP contribution in [0.4, 0.5) is 0 Å². The molecule has 15 heavy (non-hydrogen) atoms. The highest BCUT2D eigenvalue weighted by Gasteiger charge is 2.42. The molecule has 0 spiro atoms. The minimum atomic E-state index is 0.606. The molecule has 1 aromatic carbocycles. The highest BCUT2D eigenvalue weighted by atomic mass is 35.5. The zero-order chi connectivity index (χ0) is 10.8. The first-order chi connectivity index (χ1) is 7.18. The molecule has 80 valence electrons. The van der Waals surface area contributed by atoms with E-state index in [1.807, 2.05) is 12.1 Å². The Balaban J connectivity index is 0.000000114. The van der Waals surface area contributed by atoms with E-state index in [1.54, 1.807) is 12.1 Å². The summed E-state index contributed by atoms with van der Waals surface area (Å²) in [5.74, 6) is 1.92. The van der Waals surface area contributed by atoms with E-state index in [0.29, 0.717) is 10.0 Å². The average Bonchev–Trinajstić information content (AvgIpc) is 2.93. The number of fused-ring (bicyclic) bond motifs is 1. The Kier molecular flexibility index (Phi) is 3.32. The van der Waals surface area contributed by atoms with Crippen LogP contribution >= 0.6 is 23.2 Å². The van der Waals surface area contributed by atoms with Gasteiger partial charge >= 0.3 is 0 Å². The van der Waals surface area contributed by atoms with Crippen LogP contribution in [0.3, 0.4) is 0 Å². The van der Waals surface area contributed by atoms with Crippen molar-refractivity contribution in [3.05, 3.63) is 34.3 Å². The summed E-state index contributed by atoms with van der Waals surface area (Å²) < 4.78 is 0. The molecule has 3 heteroatoms. The molecule has 0 aromatic heterocycles. The van der Waals surface area contributed by atoms with Crippen LogP contribution in [0.25, 0.3) is 0 Å². The molecule has 3 rings (SSSR count). The summed E-state index contributed by atoms with van der Waals surface area (Å²) in [4.78, 5) is 4.28. The fraction of sp³-hybridized carbons (Fsp3) is 0.417. The highest BCUT2D eigenvalue weighted by Crippen LogP contribution is 2.43. The van der Waals surface area contributed by atoms with Gasteiger partial charge in [-0.05, 0) is 31.4 Å². The molecule has 1 aliphatic heterocycles. The number of hydrogen-bond acceptors (Lipinski definition) is 1. The summed E-state index contributed by atoms with van der Waals surface area (Å²) in [6.45, 7) is 3.29. The monoisotopic (exact) mass is 241 g/mol. The summed E-state index contributed by atoms with van der Waals surface area (Å²) in [7, 11) is 0. The third kappa shape index (κ3) is 2.73. The topological polar surface area (TPSA) is 12.4 Å². The van der Waals surface area contributed by atoms with Crippen LogP contribution in [0.1, 0.15) is 13.3 Å². The first-order valence-corrected chi connectivity index (χ1v) is 5.85. The standard InChI is InChI=1S/C6H4Cl2.C6H9N/c7-5-3-1-2-4-6(5)8;1-4-6-2-5(6)3-7-4/h1-4H;5-6H,2-3H2,1H3. The lowest BCUT2D eigenvalue weighted by atomic mass is 10.3. The smallest absolute Gasteiger partial charge is 0.0592 e. The molecular formula is C12H13Cl2N. The van der Waals surface area contributed by atoms with Gasteiger partial charge in [0.1, 0.15) is 0 Å². The fourth-order valence-electron chi connectivity index (χ4n) is 1.78. The minimum absolute atomic E-state index is 0.606. The Morgan fingerprint density at radius 3 is 2.00 bits per heavy atom. The molecule has 1 saturated carbocycles. The molecule has 0 N–H and O–H groups in total. The molecule has 1 nitrogen and oxygen atoms in total. The van der Waals surface area contributed by atoms with E-state index < -0.39 is 0 Å². The third-order valence-corrected chi connectivity index (χ3v) is 3.61. The average molecular weight is 242 g/mol. The van der Waals surface area contributed by atoms with Gasteiger partial charge in [0.2, 0.25) is 0 Å². The van der Waals surface area contributed by atoms with Crippen LogP contribution in [-0.4, -0.2) is 12.3 Å². The first-order valence-electron chi connectivity index (χ1n) is 5.09. The van der Waals surface area contributed by atoms with Gasteiger partial charge in [0.15, 0.2) is 0 Å². The lowest BCUT2D eigenvalue weighted by Crippen LogP contribution is -1.87. The zero-order valence-corrected chi connectivity index (χ0v) is 10.1. The second kappa shape index (κ2) is 4.54. The van der Waals surface area contributed by atoms with Gasteiger partial charge in [0.05, 0.1) is 10.0 Å². The molecular weight excluding hydrogens is 229 g/mol. The molecule has 2 unspecified atom stereocenters. The number of rotatable bonds is 0. The predicted octanol–water partition coefficient (Wildman–Crippen LogP) is 4.09. The quantitative estimate of drug-likeness (QED) is 0.649. The molecule has 0 amide bonds. The van der Waals surface area contributed by atoms with Gasteiger partial charge in [0.25, 0.3) is 0 Å². The number of hydrogen-bond donors (Lipinski definition) is 0. The molecule has 1 heterocycles. The van der Waals surface area contributed by atoms with Crippen LogP contribution in [0, 0.1) is 11.8 Å². The van der Waals surface area contributed by atoms with E-state index in [-0.39, 0.29) is 0 Å². The van der Waals surface area contributed by atoms with Crippen LogP contribution in [0.2, 0.25) is 10.0 Å². The lowest BCUT2D eigenvalue weighted by molar-refractivity contribution is 0.864. The van der Waals surface area contributed by atoms with E-state index >= 15 is 0 Å². The zero-order valence-electron chi connectivity index (χ0n) is 8.58. The highest BCUT2D eigenvalue weighted by molar-refractivity contribution is 6.41. The molecule has 1 aliphatic carbocycles. The number of halogens is 2. The largest absolute Gasteiger partial charge is 0.294 e. The normalized spacial score (nSPS) is 26.2. The third-order valence-electron chi connectivity index (χ3n) is 2.86. The van der Waals surface area contributed by atoms with Crippen molar-refractivity contribution in [1.82, 2.24) is 0 Å². The molecule has 1 fully saturated rings. The molecule has 2 atom stereocenters. The second-order valence-corrected chi connectivity index (χ2v) is 4.81. The lowest BCUT2D eigenvalue weighted by Gasteiger charge is -1.88.